The van der Waals surface area contributed by atoms with E-state index in [0.29, 0.717) is 17.9 Å². The van der Waals surface area contributed by atoms with Gasteiger partial charge < -0.3 is 15.2 Å². The number of carbonyl (C=O) groups is 1. The van der Waals surface area contributed by atoms with Crippen molar-refractivity contribution in [2.45, 2.75) is 19.1 Å². The van der Waals surface area contributed by atoms with Gasteiger partial charge in [-0.05, 0) is 30.2 Å². The summed E-state index contributed by atoms with van der Waals surface area (Å²) in [5.74, 6) is 0.180. The van der Waals surface area contributed by atoms with Crippen molar-refractivity contribution in [3.63, 3.8) is 0 Å². The molecule has 0 aliphatic rings. The van der Waals surface area contributed by atoms with Crippen molar-refractivity contribution in [1.82, 2.24) is 0 Å². The summed E-state index contributed by atoms with van der Waals surface area (Å²) in [6.07, 6.45) is 0. The zero-order valence-electron chi connectivity index (χ0n) is 12.6. The molecule has 1 atom stereocenters. The lowest BCUT2D eigenvalue weighted by atomic mass is 9.93. The van der Waals surface area contributed by atoms with Gasteiger partial charge in [0.1, 0.15) is 17.9 Å². The number of methoxy groups -OCH3 is 1. The van der Waals surface area contributed by atoms with E-state index in [1.165, 1.54) is 7.11 Å². The Bertz CT molecular complexity index is 614. The smallest absolute Gasteiger partial charge is 0.330 e. The summed E-state index contributed by atoms with van der Waals surface area (Å²) < 4.78 is 10.5. The second-order valence-electron chi connectivity index (χ2n) is 5.00. The Hall–Kier alpha value is -2.04. The van der Waals surface area contributed by atoms with Crippen molar-refractivity contribution >= 4 is 18.4 Å². The molecule has 0 aliphatic heterocycles. The van der Waals surface area contributed by atoms with Gasteiger partial charge in [-0.3, -0.25) is 0 Å². The minimum Gasteiger partial charge on any atom is -0.489 e. The minimum absolute atomic E-state index is 0. The van der Waals surface area contributed by atoms with E-state index in [4.69, 9.17) is 15.2 Å². The normalized spacial score (nSPS) is 12.7. The van der Waals surface area contributed by atoms with Gasteiger partial charge in [-0.15, -0.1) is 12.4 Å². The highest BCUT2D eigenvalue weighted by Crippen LogP contribution is 2.24. The Morgan fingerprint density at radius 3 is 2.45 bits per heavy atom. The number of ether oxygens (including phenoxy) is 2. The summed E-state index contributed by atoms with van der Waals surface area (Å²) in [7, 11) is 1.32. The Morgan fingerprint density at radius 2 is 1.82 bits per heavy atom. The molecule has 2 N–H and O–H groups in total. The van der Waals surface area contributed by atoms with E-state index in [1.807, 2.05) is 42.5 Å². The second kappa shape index (κ2) is 7.82. The summed E-state index contributed by atoms with van der Waals surface area (Å²) in [4.78, 5) is 11.7. The van der Waals surface area contributed by atoms with E-state index in [-0.39, 0.29) is 12.4 Å². The van der Waals surface area contributed by atoms with Crippen LogP contribution >= 0.6 is 12.4 Å². The maximum Gasteiger partial charge on any atom is 0.330 e. The molecule has 0 bridgehead atoms. The van der Waals surface area contributed by atoms with Crippen LogP contribution in [-0.4, -0.2) is 13.1 Å². The first-order chi connectivity index (χ1) is 10.0. The molecule has 22 heavy (non-hydrogen) atoms. The number of halogens is 1. The number of benzene rings is 2. The molecule has 4 nitrogen and oxygen atoms in total. The van der Waals surface area contributed by atoms with Gasteiger partial charge in [0.2, 0.25) is 0 Å². The highest BCUT2D eigenvalue weighted by atomic mass is 35.5. The van der Waals surface area contributed by atoms with Crippen LogP contribution in [0.25, 0.3) is 0 Å². The van der Waals surface area contributed by atoms with Gasteiger partial charge in [-0.1, -0.05) is 42.5 Å². The fraction of sp³-hybridized carbons (Fsp3) is 0.235. The van der Waals surface area contributed by atoms with Crippen LogP contribution in [-0.2, 0) is 21.7 Å². The largest absolute Gasteiger partial charge is 0.489 e. The third-order valence-corrected chi connectivity index (χ3v) is 3.29. The van der Waals surface area contributed by atoms with Crippen LogP contribution in [0.3, 0.4) is 0 Å². The average Bonchev–Trinajstić information content (AvgIpc) is 2.53. The van der Waals surface area contributed by atoms with E-state index >= 15 is 0 Å². The lowest BCUT2D eigenvalue weighted by Gasteiger charge is -2.22. The van der Waals surface area contributed by atoms with Crippen molar-refractivity contribution in [2.24, 2.45) is 5.73 Å². The van der Waals surface area contributed by atoms with Crippen molar-refractivity contribution < 1.29 is 14.3 Å². The summed E-state index contributed by atoms with van der Waals surface area (Å²) >= 11 is 0. The molecule has 0 heterocycles. The summed E-state index contributed by atoms with van der Waals surface area (Å²) in [6, 6.07) is 17.1. The monoisotopic (exact) mass is 321 g/mol. The van der Waals surface area contributed by atoms with Crippen molar-refractivity contribution in [3.05, 3.63) is 65.7 Å². The molecule has 118 valence electrons. The van der Waals surface area contributed by atoms with E-state index in [2.05, 4.69) is 0 Å². The molecule has 0 amide bonds. The standard InChI is InChI=1S/C17H19NO3.ClH/c1-17(18,16(19)20-2)14-9-6-10-15(11-14)21-12-13-7-4-3-5-8-13;/h3-11H,12,18H2,1-2H3;1H. The van der Waals surface area contributed by atoms with Gasteiger partial charge in [-0.25, -0.2) is 4.79 Å². The quantitative estimate of drug-likeness (QED) is 0.860. The first-order valence-corrected chi connectivity index (χ1v) is 6.68. The van der Waals surface area contributed by atoms with Gasteiger partial charge >= 0.3 is 5.97 Å². The first-order valence-electron chi connectivity index (χ1n) is 6.68. The van der Waals surface area contributed by atoms with Gasteiger partial charge in [0, 0.05) is 0 Å². The lowest BCUT2D eigenvalue weighted by Crippen LogP contribution is -2.42. The Labute approximate surface area is 136 Å². The van der Waals surface area contributed by atoms with Crippen molar-refractivity contribution in [2.75, 3.05) is 7.11 Å². The van der Waals surface area contributed by atoms with Crippen LogP contribution in [0.5, 0.6) is 5.75 Å². The molecule has 0 aliphatic carbocycles. The predicted molar refractivity (Wildman–Crippen MR) is 88.0 cm³/mol. The third kappa shape index (κ3) is 4.23. The number of hydrogen-bond donors (Lipinski definition) is 1. The van der Waals surface area contributed by atoms with Crippen LogP contribution in [0.4, 0.5) is 0 Å². The van der Waals surface area contributed by atoms with Crippen LogP contribution in [0, 0.1) is 0 Å². The highest BCUT2D eigenvalue weighted by molar-refractivity contribution is 5.85. The maximum absolute atomic E-state index is 11.7. The van der Waals surface area contributed by atoms with Gasteiger partial charge in [0.15, 0.2) is 0 Å². The predicted octanol–water partition coefficient (Wildman–Crippen LogP) is 3.03. The Balaban J connectivity index is 0.00000242. The number of carbonyl (C=O) groups excluding carboxylic acids is 1. The minimum atomic E-state index is -1.19. The maximum atomic E-state index is 11.7. The summed E-state index contributed by atoms with van der Waals surface area (Å²) in [5.41, 5.74) is 6.57. The number of hydrogen-bond acceptors (Lipinski definition) is 4. The van der Waals surface area contributed by atoms with Crippen LogP contribution in [0.1, 0.15) is 18.1 Å². The van der Waals surface area contributed by atoms with Gasteiger partial charge in [0.25, 0.3) is 0 Å². The highest BCUT2D eigenvalue weighted by Gasteiger charge is 2.31. The zero-order chi connectivity index (χ0) is 15.3. The van der Waals surface area contributed by atoms with Crippen LogP contribution in [0.15, 0.2) is 54.6 Å². The second-order valence-corrected chi connectivity index (χ2v) is 5.00. The van der Waals surface area contributed by atoms with Gasteiger partial charge in [-0.2, -0.15) is 0 Å². The Kier molecular flexibility index (Phi) is 6.40. The molecular weight excluding hydrogens is 302 g/mol. The Morgan fingerprint density at radius 1 is 1.14 bits per heavy atom. The number of nitrogens with two attached hydrogens (primary N) is 1. The average molecular weight is 322 g/mol. The molecule has 0 spiro atoms. The van der Waals surface area contributed by atoms with Gasteiger partial charge in [0.05, 0.1) is 7.11 Å². The SMILES string of the molecule is COC(=O)C(C)(N)c1cccc(OCc2ccccc2)c1.Cl. The molecule has 0 saturated heterocycles. The fourth-order valence-corrected chi connectivity index (χ4v) is 1.98. The topological polar surface area (TPSA) is 61.5 Å². The molecule has 5 heteroatoms. The van der Waals surface area contributed by atoms with E-state index < -0.39 is 11.5 Å². The molecule has 2 rings (SSSR count). The first kappa shape index (κ1) is 18.0. The fourth-order valence-electron chi connectivity index (χ4n) is 1.98. The molecule has 2 aromatic carbocycles. The molecular formula is C17H20ClNO3. The molecule has 0 radical (unpaired) electrons. The molecule has 0 saturated carbocycles. The number of esters is 1. The van der Waals surface area contributed by atoms with E-state index in [0.717, 1.165) is 5.56 Å². The summed E-state index contributed by atoms with van der Waals surface area (Å²) in [5, 5.41) is 0. The van der Waals surface area contributed by atoms with Crippen LogP contribution < -0.4 is 10.5 Å². The zero-order valence-corrected chi connectivity index (χ0v) is 13.4. The lowest BCUT2D eigenvalue weighted by molar-refractivity contribution is -0.146. The third-order valence-electron chi connectivity index (χ3n) is 3.29. The van der Waals surface area contributed by atoms with E-state index in [1.54, 1.807) is 19.1 Å². The summed E-state index contributed by atoms with van der Waals surface area (Å²) in [6.45, 7) is 2.08. The molecule has 0 fully saturated rings. The number of rotatable bonds is 5. The van der Waals surface area contributed by atoms with Crippen molar-refractivity contribution in [1.29, 1.82) is 0 Å². The van der Waals surface area contributed by atoms with E-state index in [9.17, 15) is 4.79 Å². The molecule has 1 unspecified atom stereocenters. The molecule has 0 aromatic heterocycles. The van der Waals surface area contributed by atoms with Crippen molar-refractivity contribution in [3.8, 4) is 5.75 Å². The van der Waals surface area contributed by atoms with Crippen LogP contribution in [0.2, 0.25) is 0 Å². The molecule has 2 aromatic rings.